The molecule has 0 amide bonds. The number of rotatable bonds is 7. The zero-order valence-electron chi connectivity index (χ0n) is 9.43. The monoisotopic (exact) mass is 212 g/mol. The smallest absolute Gasteiger partial charge is 0.0946 e. The van der Waals surface area contributed by atoms with Gasteiger partial charge >= 0.3 is 0 Å². The molecule has 2 N–H and O–H groups in total. The molecule has 1 atom stereocenters. The lowest BCUT2D eigenvalue weighted by Gasteiger charge is -2.16. The van der Waals surface area contributed by atoms with Crippen LogP contribution in [0.4, 0.5) is 0 Å². The normalized spacial score (nSPS) is 13.3. The molecule has 86 valence electrons. The first-order valence-electron chi connectivity index (χ1n) is 5.17. The fraction of sp³-hybridized carbons (Fsp3) is 0.700. The molecule has 0 fully saturated rings. The summed E-state index contributed by atoms with van der Waals surface area (Å²) in [6.45, 7) is 3.06. The second-order valence-electron chi connectivity index (χ2n) is 3.92. The topological polar surface area (TPSA) is 53.3 Å². The molecule has 1 rings (SSSR count). The van der Waals surface area contributed by atoms with Crippen molar-refractivity contribution in [3.05, 3.63) is 18.7 Å². The molecule has 0 aromatic carbocycles. The lowest BCUT2D eigenvalue weighted by molar-refractivity contribution is 0.135. The van der Waals surface area contributed by atoms with E-state index in [0.717, 1.165) is 13.1 Å². The van der Waals surface area contributed by atoms with Gasteiger partial charge in [-0.15, -0.1) is 0 Å². The number of aromatic nitrogens is 2. The lowest BCUT2D eigenvalue weighted by atomic mass is 10.3. The van der Waals surface area contributed by atoms with Crippen molar-refractivity contribution in [1.29, 1.82) is 0 Å². The van der Waals surface area contributed by atoms with E-state index < -0.39 is 0 Å². The maximum absolute atomic E-state index is 9.55. The van der Waals surface area contributed by atoms with E-state index in [1.165, 1.54) is 0 Å². The van der Waals surface area contributed by atoms with Crippen LogP contribution in [0.1, 0.15) is 0 Å². The molecule has 1 aromatic rings. The van der Waals surface area contributed by atoms with Gasteiger partial charge in [0.2, 0.25) is 0 Å². The van der Waals surface area contributed by atoms with Gasteiger partial charge in [-0.2, -0.15) is 0 Å². The third-order valence-corrected chi connectivity index (χ3v) is 2.06. The Morgan fingerprint density at radius 3 is 2.93 bits per heavy atom. The molecule has 0 aliphatic rings. The van der Waals surface area contributed by atoms with Gasteiger partial charge in [0.15, 0.2) is 0 Å². The summed E-state index contributed by atoms with van der Waals surface area (Å²) < 4.78 is 2.01. The second-order valence-corrected chi connectivity index (χ2v) is 3.92. The first-order valence-corrected chi connectivity index (χ1v) is 5.17. The predicted molar refractivity (Wildman–Crippen MR) is 59.7 cm³/mol. The summed E-state index contributed by atoms with van der Waals surface area (Å²) in [7, 11) is 3.91. The summed E-state index contributed by atoms with van der Waals surface area (Å²) in [5.74, 6) is 0. The van der Waals surface area contributed by atoms with Crippen LogP contribution in [0.2, 0.25) is 0 Å². The van der Waals surface area contributed by atoms with E-state index in [1.54, 1.807) is 12.5 Å². The number of nitrogens with one attached hydrogen (secondary N) is 1. The Kier molecular flexibility index (Phi) is 5.31. The number of aliphatic hydroxyl groups is 1. The van der Waals surface area contributed by atoms with E-state index in [2.05, 4.69) is 10.3 Å². The molecule has 15 heavy (non-hydrogen) atoms. The van der Waals surface area contributed by atoms with Gasteiger partial charge in [0.1, 0.15) is 0 Å². The second kappa shape index (κ2) is 6.55. The van der Waals surface area contributed by atoms with Crippen molar-refractivity contribution < 1.29 is 5.11 Å². The van der Waals surface area contributed by atoms with E-state index in [0.29, 0.717) is 13.1 Å². The average Bonchev–Trinajstić information content (AvgIpc) is 2.63. The fourth-order valence-corrected chi connectivity index (χ4v) is 1.38. The van der Waals surface area contributed by atoms with Crippen LogP contribution in [-0.4, -0.2) is 59.4 Å². The zero-order chi connectivity index (χ0) is 11.1. The molecule has 5 heteroatoms. The molecule has 0 aliphatic heterocycles. The molecule has 0 aliphatic carbocycles. The minimum absolute atomic E-state index is 0.303. The van der Waals surface area contributed by atoms with Crippen molar-refractivity contribution in [3.8, 4) is 0 Å². The van der Waals surface area contributed by atoms with Crippen LogP contribution in [-0.2, 0) is 6.54 Å². The number of likely N-dealkylation sites (N-methyl/N-ethyl adjacent to an activating group) is 1. The summed E-state index contributed by atoms with van der Waals surface area (Å²) in [6.07, 6.45) is 5.18. The van der Waals surface area contributed by atoms with E-state index in [-0.39, 0.29) is 6.10 Å². The molecular weight excluding hydrogens is 192 g/mol. The number of aliphatic hydroxyl groups excluding tert-OH is 1. The van der Waals surface area contributed by atoms with Crippen molar-refractivity contribution in [3.63, 3.8) is 0 Å². The minimum Gasteiger partial charge on any atom is -0.390 e. The van der Waals surface area contributed by atoms with Crippen LogP contribution in [0, 0.1) is 0 Å². The van der Waals surface area contributed by atoms with E-state index in [4.69, 9.17) is 0 Å². The van der Waals surface area contributed by atoms with Crippen molar-refractivity contribution in [2.45, 2.75) is 12.6 Å². The van der Waals surface area contributed by atoms with Crippen molar-refractivity contribution in [2.75, 3.05) is 33.7 Å². The molecule has 5 nitrogen and oxygen atoms in total. The van der Waals surface area contributed by atoms with Crippen molar-refractivity contribution in [2.24, 2.45) is 0 Å². The summed E-state index contributed by atoms with van der Waals surface area (Å²) >= 11 is 0. The molecule has 0 saturated heterocycles. The molecular formula is C10H20N4O. The average molecular weight is 212 g/mol. The number of hydrogen-bond donors (Lipinski definition) is 2. The van der Waals surface area contributed by atoms with Gasteiger partial charge in [0.25, 0.3) is 0 Å². The summed E-state index contributed by atoms with van der Waals surface area (Å²) in [5.41, 5.74) is 0. The molecule has 1 aromatic heterocycles. The number of nitrogens with zero attached hydrogens (tertiary/aromatic N) is 3. The minimum atomic E-state index is -0.303. The number of hydrogen-bond acceptors (Lipinski definition) is 4. The molecule has 1 heterocycles. The standard InChI is InChI=1S/C10H20N4O/c1-13(2)8-10(15)7-11-3-5-14-6-4-12-9-14/h4,6,9-11,15H,3,5,7-8H2,1-2H3. The highest BCUT2D eigenvalue weighted by Crippen LogP contribution is 1.86. The van der Waals surface area contributed by atoms with E-state index >= 15 is 0 Å². The molecule has 0 saturated carbocycles. The maximum Gasteiger partial charge on any atom is 0.0946 e. The first-order chi connectivity index (χ1) is 7.18. The van der Waals surface area contributed by atoms with Crippen molar-refractivity contribution >= 4 is 0 Å². The van der Waals surface area contributed by atoms with Crippen LogP contribution in [0.15, 0.2) is 18.7 Å². The highest BCUT2D eigenvalue weighted by molar-refractivity contribution is 4.74. The third-order valence-electron chi connectivity index (χ3n) is 2.06. The summed E-state index contributed by atoms with van der Waals surface area (Å²) in [6, 6.07) is 0. The molecule has 0 bridgehead atoms. The van der Waals surface area contributed by atoms with Crippen LogP contribution in [0.5, 0.6) is 0 Å². The molecule has 1 unspecified atom stereocenters. The Hall–Kier alpha value is -0.910. The van der Waals surface area contributed by atoms with Gasteiger partial charge < -0.3 is 19.9 Å². The Morgan fingerprint density at radius 2 is 2.33 bits per heavy atom. The Balaban J connectivity index is 2.01. The van der Waals surface area contributed by atoms with Gasteiger partial charge in [-0.3, -0.25) is 0 Å². The van der Waals surface area contributed by atoms with Gasteiger partial charge in [-0.05, 0) is 14.1 Å². The Morgan fingerprint density at radius 1 is 1.53 bits per heavy atom. The molecule has 0 spiro atoms. The van der Waals surface area contributed by atoms with E-state index in [1.807, 2.05) is 29.8 Å². The first kappa shape index (κ1) is 12.2. The quantitative estimate of drug-likeness (QED) is 0.592. The molecule has 0 radical (unpaired) electrons. The van der Waals surface area contributed by atoms with Crippen LogP contribution in [0.25, 0.3) is 0 Å². The Bertz CT molecular complexity index is 248. The van der Waals surface area contributed by atoms with Crippen LogP contribution in [0.3, 0.4) is 0 Å². The summed E-state index contributed by atoms with van der Waals surface area (Å²) in [5, 5.41) is 12.8. The van der Waals surface area contributed by atoms with Gasteiger partial charge in [0.05, 0.1) is 12.4 Å². The van der Waals surface area contributed by atoms with E-state index in [9.17, 15) is 5.11 Å². The fourth-order valence-electron chi connectivity index (χ4n) is 1.38. The summed E-state index contributed by atoms with van der Waals surface area (Å²) in [4.78, 5) is 5.93. The van der Waals surface area contributed by atoms with Crippen molar-refractivity contribution in [1.82, 2.24) is 19.8 Å². The number of imidazole rings is 1. The van der Waals surface area contributed by atoms with Gasteiger partial charge in [-0.1, -0.05) is 0 Å². The highest BCUT2D eigenvalue weighted by atomic mass is 16.3. The highest BCUT2D eigenvalue weighted by Gasteiger charge is 2.03. The van der Waals surface area contributed by atoms with Gasteiger partial charge in [0, 0.05) is 38.6 Å². The van der Waals surface area contributed by atoms with Crippen LogP contribution >= 0.6 is 0 Å². The SMILES string of the molecule is CN(C)CC(O)CNCCn1ccnc1. The third kappa shape index (κ3) is 5.51. The largest absolute Gasteiger partial charge is 0.390 e. The zero-order valence-corrected chi connectivity index (χ0v) is 9.43. The van der Waals surface area contributed by atoms with Gasteiger partial charge in [-0.25, -0.2) is 4.98 Å². The predicted octanol–water partition coefficient (Wildman–Crippen LogP) is -0.605. The van der Waals surface area contributed by atoms with Crippen LogP contribution < -0.4 is 5.32 Å². The lowest BCUT2D eigenvalue weighted by Crippen LogP contribution is -2.36. The maximum atomic E-state index is 9.55. The Labute approximate surface area is 90.7 Å².